The molecule has 0 radical (unpaired) electrons. The Labute approximate surface area is 94.4 Å². The number of aliphatic carboxylic acids is 1. The molecule has 1 unspecified atom stereocenters. The molecule has 0 aromatic heterocycles. The molecule has 0 saturated carbocycles. The molecule has 1 atom stereocenters. The maximum atomic E-state index is 11.0. The van der Waals surface area contributed by atoms with Gasteiger partial charge in [0.25, 0.3) is 0 Å². The van der Waals surface area contributed by atoms with Crippen molar-refractivity contribution in [1.82, 2.24) is 0 Å². The number of ether oxygens (including phenoxy) is 1. The van der Waals surface area contributed by atoms with Crippen LogP contribution in [0.2, 0.25) is 0 Å². The Hall–Kier alpha value is -1.77. The number of rotatable bonds is 3. The lowest BCUT2D eigenvalue weighted by Gasteiger charge is -2.11. The summed E-state index contributed by atoms with van der Waals surface area (Å²) in [7, 11) is 1.63. The first-order valence-electron chi connectivity index (χ1n) is 5.24. The van der Waals surface area contributed by atoms with Crippen molar-refractivity contribution in [2.75, 3.05) is 7.11 Å². The normalized spacial score (nSPS) is 15.2. The summed E-state index contributed by atoms with van der Waals surface area (Å²) in [5.41, 5.74) is 2.99. The largest absolute Gasteiger partial charge is 0.496 e. The van der Waals surface area contributed by atoms with Crippen molar-refractivity contribution in [3.05, 3.63) is 35.4 Å². The van der Waals surface area contributed by atoms with Crippen LogP contribution >= 0.6 is 0 Å². The Balaban J connectivity index is 2.42. The second-order valence-electron chi connectivity index (χ2n) is 3.91. The van der Waals surface area contributed by atoms with E-state index < -0.39 is 11.9 Å². The molecule has 2 rings (SSSR count). The van der Waals surface area contributed by atoms with Gasteiger partial charge in [0.2, 0.25) is 0 Å². The van der Waals surface area contributed by atoms with E-state index in [-0.39, 0.29) is 0 Å². The third-order valence-electron chi connectivity index (χ3n) is 3.03. The topological polar surface area (TPSA) is 46.5 Å². The van der Waals surface area contributed by atoms with Gasteiger partial charge in [-0.1, -0.05) is 18.2 Å². The van der Waals surface area contributed by atoms with E-state index in [2.05, 4.69) is 0 Å². The highest BCUT2D eigenvalue weighted by Gasteiger charge is 2.25. The number of allylic oxidation sites excluding steroid dienone is 1. The quantitative estimate of drug-likeness (QED) is 0.847. The Morgan fingerprint density at radius 1 is 1.50 bits per heavy atom. The fourth-order valence-electron chi connectivity index (χ4n) is 2.10. The van der Waals surface area contributed by atoms with E-state index in [0.717, 1.165) is 28.9 Å². The van der Waals surface area contributed by atoms with Gasteiger partial charge in [0.15, 0.2) is 0 Å². The summed E-state index contributed by atoms with van der Waals surface area (Å²) in [6.07, 6.45) is 2.73. The molecule has 0 aliphatic heterocycles. The summed E-state index contributed by atoms with van der Waals surface area (Å²) in [6.45, 7) is 1.71. The minimum Gasteiger partial charge on any atom is -0.496 e. The van der Waals surface area contributed by atoms with Crippen molar-refractivity contribution in [3.63, 3.8) is 0 Å². The number of fused-ring (bicyclic) bond motifs is 1. The van der Waals surface area contributed by atoms with E-state index in [1.165, 1.54) is 0 Å². The summed E-state index contributed by atoms with van der Waals surface area (Å²) in [5.74, 6) is -0.420. The Morgan fingerprint density at radius 2 is 2.25 bits per heavy atom. The van der Waals surface area contributed by atoms with Crippen molar-refractivity contribution in [2.24, 2.45) is 5.92 Å². The van der Waals surface area contributed by atoms with Gasteiger partial charge in [0.1, 0.15) is 5.75 Å². The highest BCUT2D eigenvalue weighted by molar-refractivity contribution is 5.90. The maximum Gasteiger partial charge on any atom is 0.310 e. The molecule has 0 bridgehead atoms. The Bertz CT molecular complexity index is 460. The van der Waals surface area contributed by atoms with E-state index >= 15 is 0 Å². The molecule has 3 nitrogen and oxygen atoms in total. The molecular weight excluding hydrogens is 204 g/mol. The van der Waals surface area contributed by atoms with Gasteiger partial charge in [-0.05, 0) is 30.5 Å². The lowest BCUT2D eigenvalue weighted by Crippen LogP contribution is -2.10. The van der Waals surface area contributed by atoms with Gasteiger partial charge < -0.3 is 9.84 Å². The highest BCUT2D eigenvalue weighted by Crippen LogP contribution is 2.37. The molecule has 1 aliphatic rings. The molecule has 3 heteroatoms. The second kappa shape index (κ2) is 4.00. The Kier molecular flexibility index (Phi) is 2.69. The number of carbonyl (C=O) groups is 1. The number of hydrogen-bond acceptors (Lipinski definition) is 2. The highest BCUT2D eigenvalue weighted by atomic mass is 16.5. The van der Waals surface area contributed by atoms with Crippen LogP contribution in [-0.4, -0.2) is 18.2 Å². The molecule has 1 aromatic carbocycles. The van der Waals surface area contributed by atoms with Gasteiger partial charge in [-0.25, -0.2) is 0 Å². The van der Waals surface area contributed by atoms with Crippen LogP contribution in [0.15, 0.2) is 24.3 Å². The predicted molar refractivity (Wildman–Crippen MR) is 61.5 cm³/mol. The number of benzene rings is 1. The van der Waals surface area contributed by atoms with Crippen LogP contribution < -0.4 is 4.74 Å². The van der Waals surface area contributed by atoms with Gasteiger partial charge in [0.05, 0.1) is 13.0 Å². The van der Waals surface area contributed by atoms with Crippen LogP contribution in [0.1, 0.15) is 18.1 Å². The van der Waals surface area contributed by atoms with Crippen molar-refractivity contribution in [3.8, 4) is 5.75 Å². The standard InChI is InChI=1S/C13H14O3/c1-8(13(14)15)9-6-7-11-10(9)4-3-5-12(11)16-2/h3-6,8H,7H2,1-2H3,(H,14,15). The summed E-state index contributed by atoms with van der Waals surface area (Å²) in [6, 6.07) is 5.75. The summed E-state index contributed by atoms with van der Waals surface area (Å²) in [5, 5.41) is 9.02. The first-order chi connectivity index (χ1) is 7.65. The van der Waals surface area contributed by atoms with Crippen molar-refractivity contribution >= 4 is 11.5 Å². The summed E-state index contributed by atoms with van der Waals surface area (Å²) < 4.78 is 5.26. The number of carboxylic acids is 1. The number of hydrogen-bond donors (Lipinski definition) is 1. The molecule has 0 fully saturated rings. The van der Waals surface area contributed by atoms with E-state index in [1.54, 1.807) is 14.0 Å². The van der Waals surface area contributed by atoms with Crippen LogP contribution in [0.4, 0.5) is 0 Å². The fraction of sp³-hybridized carbons (Fsp3) is 0.308. The molecule has 84 valence electrons. The zero-order valence-corrected chi connectivity index (χ0v) is 9.36. The van der Waals surface area contributed by atoms with Crippen LogP contribution in [0.5, 0.6) is 5.75 Å². The Morgan fingerprint density at radius 3 is 2.88 bits per heavy atom. The van der Waals surface area contributed by atoms with Gasteiger partial charge in [-0.2, -0.15) is 0 Å². The lowest BCUT2D eigenvalue weighted by atomic mass is 9.95. The first kappa shape index (κ1) is 10.7. The average Bonchev–Trinajstić information content (AvgIpc) is 2.71. The summed E-state index contributed by atoms with van der Waals surface area (Å²) in [4.78, 5) is 11.0. The van der Waals surface area contributed by atoms with Crippen LogP contribution in [0.3, 0.4) is 0 Å². The van der Waals surface area contributed by atoms with E-state index in [1.807, 2.05) is 24.3 Å². The van der Waals surface area contributed by atoms with Crippen molar-refractivity contribution in [2.45, 2.75) is 13.3 Å². The first-order valence-corrected chi connectivity index (χ1v) is 5.24. The van der Waals surface area contributed by atoms with Gasteiger partial charge in [-0.15, -0.1) is 0 Å². The van der Waals surface area contributed by atoms with Crippen LogP contribution in [0.25, 0.3) is 5.57 Å². The van der Waals surface area contributed by atoms with E-state index in [0.29, 0.717) is 0 Å². The molecule has 1 aliphatic carbocycles. The van der Waals surface area contributed by atoms with Crippen molar-refractivity contribution < 1.29 is 14.6 Å². The van der Waals surface area contributed by atoms with E-state index in [4.69, 9.17) is 9.84 Å². The molecule has 0 heterocycles. The molecule has 1 aromatic rings. The fourth-order valence-corrected chi connectivity index (χ4v) is 2.10. The van der Waals surface area contributed by atoms with Gasteiger partial charge in [0, 0.05) is 5.56 Å². The smallest absolute Gasteiger partial charge is 0.310 e. The van der Waals surface area contributed by atoms with Crippen LogP contribution in [0, 0.1) is 5.92 Å². The molecule has 0 amide bonds. The van der Waals surface area contributed by atoms with Gasteiger partial charge in [-0.3, -0.25) is 4.79 Å². The monoisotopic (exact) mass is 218 g/mol. The second-order valence-corrected chi connectivity index (χ2v) is 3.91. The molecule has 0 saturated heterocycles. The zero-order chi connectivity index (χ0) is 11.7. The van der Waals surface area contributed by atoms with E-state index in [9.17, 15) is 4.79 Å². The lowest BCUT2D eigenvalue weighted by molar-refractivity contribution is -0.139. The average molecular weight is 218 g/mol. The molecular formula is C13H14O3. The third-order valence-corrected chi connectivity index (χ3v) is 3.03. The number of methoxy groups -OCH3 is 1. The summed E-state index contributed by atoms with van der Waals surface area (Å²) >= 11 is 0. The third kappa shape index (κ3) is 1.58. The minimum atomic E-state index is -0.790. The molecule has 16 heavy (non-hydrogen) atoms. The van der Waals surface area contributed by atoms with Crippen LogP contribution in [-0.2, 0) is 11.2 Å². The van der Waals surface area contributed by atoms with Gasteiger partial charge >= 0.3 is 5.97 Å². The number of carboxylic acid groups (broad SMARTS) is 1. The molecule has 1 N–H and O–H groups in total. The minimum absolute atomic E-state index is 0.464. The molecule has 0 spiro atoms. The predicted octanol–water partition coefficient (Wildman–Crippen LogP) is 2.36. The zero-order valence-electron chi connectivity index (χ0n) is 9.36. The van der Waals surface area contributed by atoms with Crippen molar-refractivity contribution in [1.29, 1.82) is 0 Å². The SMILES string of the molecule is COc1cccc2c1CC=C2C(C)C(=O)O. The maximum absolute atomic E-state index is 11.0.